The Hall–Kier alpha value is -2.84. The number of hydrogen-bond acceptors (Lipinski definition) is 6. The van der Waals surface area contributed by atoms with Gasteiger partial charge >= 0.3 is 11.8 Å². The van der Waals surface area contributed by atoms with Crippen LogP contribution < -0.4 is 15.4 Å². The van der Waals surface area contributed by atoms with Gasteiger partial charge in [0.05, 0.1) is 32.6 Å². The normalized spacial score (nSPS) is 15.6. The Kier molecular flexibility index (Phi) is 7.05. The Morgan fingerprint density at radius 2 is 1.86 bits per heavy atom. The van der Waals surface area contributed by atoms with E-state index in [4.69, 9.17) is 13.9 Å². The van der Waals surface area contributed by atoms with Crippen molar-refractivity contribution in [3.05, 3.63) is 54.0 Å². The van der Waals surface area contributed by atoms with Gasteiger partial charge in [0.1, 0.15) is 11.5 Å². The summed E-state index contributed by atoms with van der Waals surface area (Å²) in [6.07, 6.45) is 1.60. The molecular formula is C20H25N3O5. The highest BCUT2D eigenvalue weighted by Crippen LogP contribution is 2.21. The molecule has 2 N–H and O–H groups in total. The maximum atomic E-state index is 12.2. The van der Waals surface area contributed by atoms with Crippen molar-refractivity contribution in [2.45, 2.75) is 12.6 Å². The number of benzene rings is 1. The highest BCUT2D eigenvalue weighted by molar-refractivity contribution is 6.35. The molecule has 1 saturated heterocycles. The molecule has 8 nitrogen and oxygen atoms in total. The Labute approximate surface area is 163 Å². The predicted molar refractivity (Wildman–Crippen MR) is 102 cm³/mol. The van der Waals surface area contributed by atoms with Crippen LogP contribution in [-0.2, 0) is 20.9 Å². The molecule has 8 heteroatoms. The first-order valence-corrected chi connectivity index (χ1v) is 9.22. The summed E-state index contributed by atoms with van der Waals surface area (Å²) < 4.78 is 16.2. The summed E-state index contributed by atoms with van der Waals surface area (Å²) >= 11 is 0. The highest BCUT2D eigenvalue weighted by atomic mass is 16.5. The van der Waals surface area contributed by atoms with E-state index in [0.717, 1.165) is 24.4 Å². The van der Waals surface area contributed by atoms with Crippen LogP contribution in [0.2, 0.25) is 0 Å². The average Bonchev–Trinajstić information content (AvgIpc) is 3.27. The van der Waals surface area contributed by atoms with Crippen LogP contribution in [0.15, 0.2) is 47.1 Å². The summed E-state index contributed by atoms with van der Waals surface area (Å²) in [5, 5.41) is 5.33. The number of amides is 2. The molecule has 0 aliphatic carbocycles. The summed E-state index contributed by atoms with van der Waals surface area (Å²) in [7, 11) is 1.56. The Balaban J connectivity index is 1.54. The van der Waals surface area contributed by atoms with Crippen LogP contribution >= 0.6 is 0 Å². The van der Waals surface area contributed by atoms with Gasteiger partial charge in [0.25, 0.3) is 0 Å². The van der Waals surface area contributed by atoms with Gasteiger partial charge in [-0.3, -0.25) is 14.5 Å². The van der Waals surface area contributed by atoms with E-state index in [1.165, 1.54) is 0 Å². The first kappa shape index (κ1) is 19.9. The van der Waals surface area contributed by atoms with Crippen molar-refractivity contribution < 1.29 is 23.5 Å². The van der Waals surface area contributed by atoms with Crippen molar-refractivity contribution in [1.82, 2.24) is 15.5 Å². The van der Waals surface area contributed by atoms with E-state index in [1.807, 2.05) is 30.3 Å². The Morgan fingerprint density at radius 3 is 2.57 bits per heavy atom. The molecule has 0 radical (unpaired) electrons. The third-order valence-electron chi connectivity index (χ3n) is 4.65. The minimum atomic E-state index is -0.689. The number of rotatable bonds is 7. The van der Waals surface area contributed by atoms with Gasteiger partial charge in [-0.25, -0.2) is 0 Å². The van der Waals surface area contributed by atoms with Crippen LogP contribution in [0.4, 0.5) is 0 Å². The van der Waals surface area contributed by atoms with Crippen molar-refractivity contribution in [2.24, 2.45) is 0 Å². The van der Waals surface area contributed by atoms with Crippen LogP contribution in [0.25, 0.3) is 0 Å². The molecule has 2 heterocycles. The number of morpholine rings is 1. The molecule has 1 atom stereocenters. The number of furan rings is 1. The number of carbonyl (C=O) groups is 2. The second kappa shape index (κ2) is 9.91. The highest BCUT2D eigenvalue weighted by Gasteiger charge is 2.26. The van der Waals surface area contributed by atoms with Gasteiger partial charge in [-0.2, -0.15) is 0 Å². The fourth-order valence-electron chi connectivity index (χ4n) is 3.15. The second-order valence-electron chi connectivity index (χ2n) is 6.38. The fourth-order valence-corrected chi connectivity index (χ4v) is 3.15. The van der Waals surface area contributed by atoms with E-state index in [2.05, 4.69) is 15.5 Å². The Bertz CT molecular complexity index is 772. The zero-order valence-electron chi connectivity index (χ0n) is 15.8. The van der Waals surface area contributed by atoms with Crippen molar-refractivity contribution in [1.29, 1.82) is 0 Å². The molecule has 0 unspecified atom stereocenters. The average molecular weight is 387 g/mol. The molecule has 0 saturated carbocycles. The third-order valence-corrected chi connectivity index (χ3v) is 4.65. The Morgan fingerprint density at radius 1 is 1.11 bits per heavy atom. The lowest BCUT2D eigenvalue weighted by Gasteiger charge is -2.33. The monoisotopic (exact) mass is 387 g/mol. The molecule has 1 aromatic heterocycles. The predicted octanol–water partition coefficient (Wildman–Crippen LogP) is 1.09. The summed E-state index contributed by atoms with van der Waals surface area (Å²) in [4.78, 5) is 26.6. The zero-order valence-corrected chi connectivity index (χ0v) is 15.8. The fraction of sp³-hybridized carbons (Fsp3) is 0.400. The van der Waals surface area contributed by atoms with Crippen LogP contribution in [-0.4, -0.2) is 56.7 Å². The van der Waals surface area contributed by atoms with Crippen molar-refractivity contribution in [2.75, 3.05) is 40.0 Å². The number of methoxy groups -OCH3 is 1. The minimum absolute atomic E-state index is 0.148. The maximum Gasteiger partial charge on any atom is 0.309 e. The van der Waals surface area contributed by atoms with Gasteiger partial charge < -0.3 is 24.5 Å². The number of hydrogen-bond donors (Lipinski definition) is 2. The van der Waals surface area contributed by atoms with Crippen molar-refractivity contribution in [3.8, 4) is 5.75 Å². The van der Waals surface area contributed by atoms with E-state index < -0.39 is 11.8 Å². The SMILES string of the molecule is COc1ccccc1CNC(=O)C(=O)NC[C@H](c1ccco1)N1CCOCC1. The molecular weight excluding hydrogens is 362 g/mol. The number of nitrogens with zero attached hydrogens (tertiary/aromatic N) is 1. The molecule has 1 aromatic carbocycles. The van der Waals surface area contributed by atoms with E-state index in [9.17, 15) is 9.59 Å². The summed E-state index contributed by atoms with van der Waals surface area (Å²) in [6.45, 7) is 3.22. The summed E-state index contributed by atoms with van der Waals surface area (Å²) in [6, 6.07) is 10.9. The quantitative estimate of drug-likeness (QED) is 0.691. The van der Waals surface area contributed by atoms with Gasteiger partial charge in [0.2, 0.25) is 0 Å². The standard InChI is InChI=1S/C20H25N3O5/c1-26-17-6-3-2-5-15(17)13-21-19(24)20(25)22-14-16(18-7-4-10-28-18)23-8-11-27-12-9-23/h2-7,10,16H,8-9,11-14H2,1H3,(H,21,24)(H,22,25)/t16-/m1/s1. The lowest BCUT2D eigenvalue weighted by atomic mass is 10.1. The largest absolute Gasteiger partial charge is 0.496 e. The lowest BCUT2D eigenvalue weighted by molar-refractivity contribution is -0.139. The van der Waals surface area contributed by atoms with Crippen LogP contribution in [0.3, 0.4) is 0 Å². The van der Waals surface area contributed by atoms with Crippen LogP contribution in [0.1, 0.15) is 17.4 Å². The number of nitrogens with one attached hydrogen (secondary N) is 2. The maximum absolute atomic E-state index is 12.2. The van der Waals surface area contributed by atoms with Crippen LogP contribution in [0, 0.1) is 0 Å². The van der Waals surface area contributed by atoms with Crippen molar-refractivity contribution in [3.63, 3.8) is 0 Å². The van der Waals surface area contributed by atoms with E-state index in [0.29, 0.717) is 19.0 Å². The zero-order chi connectivity index (χ0) is 19.8. The number of para-hydroxylation sites is 1. The van der Waals surface area contributed by atoms with Gasteiger partial charge in [0.15, 0.2) is 0 Å². The molecule has 3 rings (SSSR count). The number of ether oxygens (including phenoxy) is 2. The molecule has 0 spiro atoms. The first-order valence-electron chi connectivity index (χ1n) is 9.22. The molecule has 1 aliphatic heterocycles. The van der Waals surface area contributed by atoms with E-state index in [1.54, 1.807) is 19.4 Å². The smallest absolute Gasteiger partial charge is 0.309 e. The lowest BCUT2D eigenvalue weighted by Crippen LogP contribution is -2.46. The number of carbonyl (C=O) groups excluding carboxylic acids is 2. The molecule has 150 valence electrons. The first-order chi connectivity index (χ1) is 13.7. The molecule has 2 amide bonds. The summed E-state index contributed by atoms with van der Waals surface area (Å²) in [5.74, 6) is 0.0378. The van der Waals surface area contributed by atoms with Gasteiger partial charge in [0, 0.05) is 31.7 Å². The third kappa shape index (κ3) is 5.11. The second-order valence-corrected chi connectivity index (χ2v) is 6.38. The van der Waals surface area contributed by atoms with Gasteiger partial charge in [-0.1, -0.05) is 18.2 Å². The van der Waals surface area contributed by atoms with E-state index >= 15 is 0 Å². The summed E-state index contributed by atoms with van der Waals surface area (Å²) in [5.41, 5.74) is 0.799. The molecule has 1 aliphatic rings. The molecule has 28 heavy (non-hydrogen) atoms. The van der Waals surface area contributed by atoms with Crippen molar-refractivity contribution >= 4 is 11.8 Å². The van der Waals surface area contributed by atoms with Gasteiger partial charge in [-0.05, 0) is 18.2 Å². The molecule has 0 bridgehead atoms. The van der Waals surface area contributed by atoms with E-state index in [-0.39, 0.29) is 19.1 Å². The minimum Gasteiger partial charge on any atom is -0.496 e. The topological polar surface area (TPSA) is 93.0 Å². The van der Waals surface area contributed by atoms with Crippen LogP contribution in [0.5, 0.6) is 5.75 Å². The molecule has 1 fully saturated rings. The van der Waals surface area contributed by atoms with Gasteiger partial charge in [-0.15, -0.1) is 0 Å². The molecule has 2 aromatic rings.